The van der Waals surface area contributed by atoms with E-state index in [1.807, 2.05) is 13.8 Å². The quantitative estimate of drug-likeness (QED) is 0.324. The molecule has 1 unspecified atom stereocenters. The Bertz CT molecular complexity index is 1200. The monoisotopic (exact) mass is 469 g/mol. The van der Waals surface area contributed by atoms with Crippen LogP contribution >= 0.6 is 22.9 Å². The molecule has 1 aliphatic rings. The molecule has 1 aliphatic heterocycles. The molecule has 0 saturated carbocycles. The van der Waals surface area contributed by atoms with Crippen molar-refractivity contribution in [2.24, 2.45) is 0 Å². The number of rotatable bonds is 5. The number of ether oxygens (including phenoxy) is 1. The van der Waals surface area contributed by atoms with Crippen LogP contribution in [0.2, 0.25) is 5.02 Å². The number of carbonyl (C=O) groups excluding carboxylic acids is 2. The van der Waals surface area contributed by atoms with Gasteiger partial charge in [0.15, 0.2) is 0 Å². The summed E-state index contributed by atoms with van der Waals surface area (Å²) in [6.07, 6.45) is 0.0000354. The van der Waals surface area contributed by atoms with E-state index in [1.165, 1.54) is 16.2 Å². The fraction of sp³-hybridized carbons (Fsp3) is 0.217. The number of aromatic nitrogens is 2. The molecule has 4 rings (SSSR count). The smallest absolute Gasteiger partial charge is 0.301 e. The molecule has 1 fully saturated rings. The zero-order chi connectivity index (χ0) is 23.0. The summed E-state index contributed by atoms with van der Waals surface area (Å²) < 4.78 is 5.64. The molecule has 3 aromatic rings. The van der Waals surface area contributed by atoms with Crippen molar-refractivity contribution in [2.75, 3.05) is 4.90 Å². The molecule has 1 N–H and O–H groups in total. The number of Topliss-reactive ketones (excluding diaryl/α,β-unsaturated/α-hetero) is 1. The highest BCUT2D eigenvalue weighted by Crippen LogP contribution is 2.43. The van der Waals surface area contributed by atoms with Gasteiger partial charge in [-0.15, -0.1) is 10.2 Å². The molecule has 0 radical (unpaired) electrons. The van der Waals surface area contributed by atoms with E-state index in [2.05, 4.69) is 10.2 Å². The SMILES string of the molecule is Cc1nnc(N2C(=O)C(=O)/C(=C(\O)c3ccc(OC(C)C)cc3)C2c2ccc(Cl)cc2)s1. The fourth-order valence-electron chi connectivity index (χ4n) is 3.49. The van der Waals surface area contributed by atoms with Gasteiger partial charge in [0.1, 0.15) is 16.5 Å². The van der Waals surface area contributed by atoms with Gasteiger partial charge in [-0.2, -0.15) is 0 Å². The van der Waals surface area contributed by atoms with Crippen LogP contribution in [-0.2, 0) is 9.59 Å². The van der Waals surface area contributed by atoms with Crippen LogP contribution in [0.4, 0.5) is 5.13 Å². The first kappa shape index (κ1) is 22.0. The number of amides is 1. The van der Waals surface area contributed by atoms with Gasteiger partial charge >= 0.3 is 5.91 Å². The predicted molar refractivity (Wildman–Crippen MR) is 123 cm³/mol. The van der Waals surface area contributed by atoms with E-state index in [0.717, 1.165) is 0 Å². The minimum Gasteiger partial charge on any atom is -0.507 e. The molecule has 9 heteroatoms. The van der Waals surface area contributed by atoms with Crippen molar-refractivity contribution in [1.82, 2.24) is 10.2 Å². The highest BCUT2D eigenvalue weighted by atomic mass is 35.5. The molecule has 32 heavy (non-hydrogen) atoms. The van der Waals surface area contributed by atoms with Crippen LogP contribution in [-0.4, -0.2) is 33.1 Å². The third-order valence-electron chi connectivity index (χ3n) is 4.85. The topological polar surface area (TPSA) is 92.6 Å². The van der Waals surface area contributed by atoms with Gasteiger partial charge in [-0.25, -0.2) is 0 Å². The number of aliphatic hydroxyl groups is 1. The molecule has 1 atom stereocenters. The molecule has 1 saturated heterocycles. The molecule has 164 valence electrons. The fourth-order valence-corrected chi connectivity index (χ4v) is 4.33. The number of anilines is 1. The molecule has 2 aromatic carbocycles. The van der Waals surface area contributed by atoms with Crippen LogP contribution in [0.15, 0.2) is 54.1 Å². The normalized spacial score (nSPS) is 17.9. The summed E-state index contributed by atoms with van der Waals surface area (Å²) in [4.78, 5) is 27.4. The average Bonchev–Trinajstić information content (AvgIpc) is 3.29. The van der Waals surface area contributed by atoms with Crippen molar-refractivity contribution in [1.29, 1.82) is 0 Å². The van der Waals surface area contributed by atoms with E-state index in [1.54, 1.807) is 55.5 Å². The lowest BCUT2D eigenvalue weighted by Crippen LogP contribution is -2.29. The molecule has 0 spiro atoms. The Morgan fingerprint density at radius 2 is 1.75 bits per heavy atom. The number of benzene rings is 2. The van der Waals surface area contributed by atoms with E-state index in [9.17, 15) is 14.7 Å². The van der Waals surface area contributed by atoms with Crippen LogP contribution in [0.3, 0.4) is 0 Å². The zero-order valence-corrected chi connectivity index (χ0v) is 19.1. The maximum atomic E-state index is 13.1. The Labute approximate surface area is 193 Å². The summed E-state index contributed by atoms with van der Waals surface area (Å²) >= 11 is 7.23. The van der Waals surface area contributed by atoms with Gasteiger partial charge in [0, 0.05) is 10.6 Å². The Hall–Kier alpha value is -3.23. The van der Waals surface area contributed by atoms with E-state index in [-0.39, 0.29) is 22.6 Å². The first-order chi connectivity index (χ1) is 15.3. The second-order valence-electron chi connectivity index (χ2n) is 7.52. The molecule has 2 heterocycles. The van der Waals surface area contributed by atoms with Gasteiger partial charge in [-0.3, -0.25) is 14.5 Å². The van der Waals surface area contributed by atoms with Crippen molar-refractivity contribution in [3.8, 4) is 5.75 Å². The van der Waals surface area contributed by atoms with Crippen LogP contribution in [0.25, 0.3) is 5.76 Å². The third kappa shape index (κ3) is 4.11. The maximum Gasteiger partial charge on any atom is 0.301 e. The van der Waals surface area contributed by atoms with Crippen LogP contribution in [0.1, 0.15) is 36.0 Å². The second-order valence-corrected chi connectivity index (χ2v) is 9.11. The van der Waals surface area contributed by atoms with Crippen molar-refractivity contribution >= 4 is 45.5 Å². The molecule has 0 bridgehead atoms. The van der Waals surface area contributed by atoms with Crippen LogP contribution < -0.4 is 9.64 Å². The van der Waals surface area contributed by atoms with Gasteiger partial charge in [0.25, 0.3) is 5.78 Å². The van der Waals surface area contributed by atoms with Gasteiger partial charge in [0.2, 0.25) is 5.13 Å². The van der Waals surface area contributed by atoms with Crippen molar-refractivity contribution in [3.63, 3.8) is 0 Å². The van der Waals surface area contributed by atoms with Crippen molar-refractivity contribution in [3.05, 3.63) is 75.3 Å². The minimum atomic E-state index is -0.869. The Morgan fingerprint density at radius 1 is 1.09 bits per heavy atom. The number of aliphatic hydroxyl groups excluding tert-OH is 1. The Morgan fingerprint density at radius 3 is 2.31 bits per heavy atom. The molecule has 1 amide bonds. The molecule has 0 aliphatic carbocycles. The van der Waals surface area contributed by atoms with Gasteiger partial charge in [-0.05, 0) is 62.7 Å². The summed E-state index contributed by atoms with van der Waals surface area (Å²) in [6.45, 7) is 5.59. The Balaban J connectivity index is 1.85. The highest BCUT2D eigenvalue weighted by molar-refractivity contribution is 7.15. The summed E-state index contributed by atoms with van der Waals surface area (Å²) in [7, 11) is 0. The average molecular weight is 470 g/mol. The van der Waals surface area contributed by atoms with E-state index >= 15 is 0 Å². The van der Waals surface area contributed by atoms with E-state index < -0.39 is 17.7 Å². The van der Waals surface area contributed by atoms with Crippen LogP contribution in [0, 0.1) is 6.92 Å². The zero-order valence-electron chi connectivity index (χ0n) is 17.6. The standard InChI is InChI=1S/C23H20ClN3O4S/c1-12(2)31-17-10-6-15(7-11-17)20(28)18-19(14-4-8-16(24)9-5-14)27(22(30)21(18)29)23-26-25-13(3)32-23/h4-12,19,28H,1-3H3/b20-18-. The number of halogens is 1. The van der Waals surface area contributed by atoms with Crippen molar-refractivity contribution < 1.29 is 19.4 Å². The minimum absolute atomic E-state index is 0.0000354. The number of aryl methyl sites for hydroxylation is 1. The molecular formula is C23H20ClN3O4S. The lowest BCUT2D eigenvalue weighted by molar-refractivity contribution is -0.132. The second kappa shape index (κ2) is 8.72. The van der Waals surface area contributed by atoms with Crippen LogP contribution in [0.5, 0.6) is 5.75 Å². The maximum absolute atomic E-state index is 13.1. The van der Waals surface area contributed by atoms with Gasteiger partial charge in [0.05, 0.1) is 17.7 Å². The summed E-state index contributed by atoms with van der Waals surface area (Å²) in [6, 6.07) is 12.6. The van der Waals surface area contributed by atoms with Gasteiger partial charge < -0.3 is 9.84 Å². The van der Waals surface area contributed by atoms with Crippen molar-refractivity contribution in [2.45, 2.75) is 32.9 Å². The largest absolute Gasteiger partial charge is 0.507 e. The predicted octanol–water partition coefficient (Wildman–Crippen LogP) is 4.91. The van der Waals surface area contributed by atoms with E-state index in [4.69, 9.17) is 16.3 Å². The third-order valence-corrected chi connectivity index (χ3v) is 5.94. The number of hydrogen-bond donors (Lipinski definition) is 1. The first-order valence-electron chi connectivity index (χ1n) is 9.90. The summed E-state index contributed by atoms with van der Waals surface area (Å²) in [5.41, 5.74) is 0.983. The number of carbonyl (C=O) groups is 2. The number of ketones is 1. The number of hydrogen-bond acceptors (Lipinski definition) is 7. The number of nitrogens with zero attached hydrogens (tertiary/aromatic N) is 3. The molecular weight excluding hydrogens is 450 g/mol. The van der Waals surface area contributed by atoms with E-state index in [0.29, 0.717) is 26.9 Å². The lowest BCUT2D eigenvalue weighted by atomic mass is 9.95. The molecule has 1 aromatic heterocycles. The highest BCUT2D eigenvalue weighted by Gasteiger charge is 2.48. The summed E-state index contributed by atoms with van der Waals surface area (Å²) in [5.74, 6) is -1.21. The first-order valence-corrected chi connectivity index (χ1v) is 11.1. The van der Waals surface area contributed by atoms with Gasteiger partial charge in [-0.1, -0.05) is 35.1 Å². The Kier molecular flexibility index (Phi) is 5.99. The summed E-state index contributed by atoms with van der Waals surface area (Å²) in [5, 5.41) is 20.6. The molecule has 7 nitrogen and oxygen atoms in total. The lowest BCUT2D eigenvalue weighted by Gasteiger charge is -2.22.